The molecule has 1 heteroatoms. The van der Waals surface area contributed by atoms with E-state index in [1.165, 1.54) is 77.0 Å². The number of nitrogens with one attached hydrogen (secondary N) is 1. The van der Waals surface area contributed by atoms with Gasteiger partial charge in [-0.25, -0.2) is 0 Å². The minimum absolute atomic E-state index is 0.809. The van der Waals surface area contributed by atoms with E-state index in [9.17, 15) is 0 Å². The van der Waals surface area contributed by atoms with Gasteiger partial charge in [-0.2, -0.15) is 0 Å². The third-order valence-electron chi connectivity index (χ3n) is 5.77. The molecule has 112 valence electrons. The predicted octanol–water partition coefficient (Wildman–Crippen LogP) is 5.29. The highest BCUT2D eigenvalue weighted by Gasteiger charge is 2.25. The van der Waals surface area contributed by atoms with Crippen LogP contribution >= 0.6 is 0 Å². The molecule has 0 aromatic heterocycles. The Morgan fingerprint density at radius 1 is 0.842 bits per heavy atom. The summed E-state index contributed by atoms with van der Waals surface area (Å²) in [5.74, 6) is 1.99. The SMILES string of the molecule is CCC1CCCC(NC(CC)C2CCCCC2)CC1. The van der Waals surface area contributed by atoms with Crippen molar-refractivity contribution >= 4 is 0 Å². The van der Waals surface area contributed by atoms with Crippen molar-refractivity contribution in [2.75, 3.05) is 0 Å². The minimum atomic E-state index is 0.809. The van der Waals surface area contributed by atoms with Crippen molar-refractivity contribution in [3.05, 3.63) is 0 Å². The van der Waals surface area contributed by atoms with E-state index in [0.29, 0.717) is 0 Å². The summed E-state index contributed by atoms with van der Waals surface area (Å²) in [6.45, 7) is 4.76. The van der Waals surface area contributed by atoms with Crippen LogP contribution in [-0.2, 0) is 0 Å². The first-order chi connectivity index (χ1) is 9.33. The molecule has 3 atom stereocenters. The molecule has 0 heterocycles. The first-order valence-electron chi connectivity index (χ1n) is 9.09. The van der Waals surface area contributed by atoms with E-state index in [-0.39, 0.29) is 0 Å². The summed E-state index contributed by atoms with van der Waals surface area (Å²) in [5.41, 5.74) is 0. The fraction of sp³-hybridized carbons (Fsp3) is 1.00. The standard InChI is InChI=1S/C18H35N/c1-3-15-9-8-12-17(14-13-15)19-18(4-2)16-10-6-5-7-11-16/h15-19H,3-14H2,1-2H3. The molecular formula is C18H35N. The van der Waals surface area contributed by atoms with Crippen LogP contribution in [0.4, 0.5) is 0 Å². The van der Waals surface area contributed by atoms with Gasteiger partial charge in [0.15, 0.2) is 0 Å². The maximum absolute atomic E-state index is 4.06. The van der Waals surface area contributed by atoms with E-state index in [1.807, 2.05) is 0 Å². The lowest BCUT2D eigenvalue weighted by Gasteiger charge is -2.33. The lowest BCUT2D eigenvalue weighted by atomic mass is 9.82. The van der Waals surface area contributed by atoms with Crippen LogP contribution in [-0.4, -0.2) is 12.1 Å². The molecule has 0 bridgehead atoms. The molecule has 1 N–H and O–H groups in total. The van der Waals surface area contributed by atoms with Crippen molar-refractivity contribution in [1.29, 1.82) is 0 Å². The zero-order valence-corrected chi connectivity index (χ0v) is 13.3. The van der Waals surface area contributed by atoms with Crippen molar-refractivity contribution in [3.63, 3.8) is 0 Å². The molecule has 0 amide bonds. The smallest absolute Gasteiger partial charge is 0.00952 e. The molecule has 1 nitrogen and oxygen atoms in total. The molecule has 2 aliphatic carbocycles. The predicted molar refractivity (Wildman–Crippen MR) is 84.4 cm³/mol. The third kappa shape index (κ3) is 4.77. The largest absolute Gasteiger partial charge is 0.311 e. The van der Waals surface area contributed by atoms with Crippen LogP contribution < -0.4 is 5.32 Å². The highest BCUT2D eigenvalue weighted by molar-refractivity contribution is 4.83. The molecule has 3 unspecified atom stereocenters. The normalized spacial score (nSPS) is 31.9. The second-order valence-corrected chi connectivity index (χ2v) is 7.06. The monoisotopic (exact) mass is 265 g/mol. The van der Waals surface area contributed by atoms with Crippen LogP contribution in [0, 0.1) is 11.8 Å². The number of hydrogen-bond acceptors (Lipinski definition) is 1. The van der Waals surface area contributed by atoms with Gasteiger partial charge in [-0.15, -0.1) is 0 Å². The quantitative estimate of drug-likeness (QED) is 0.666. The van der Waals surface area contributed by atoms with Crippen LogP contribution in [0.1, 0.15) is 90.9 Å². The molecule has 2 fully saturated rings. The summed E-state index contributed by atoms with van der Waals surface area (Å²) < 4.78 is 0. The summed E-state index contributed by atoms with van der Waals surface area (Å²) >= 11 is 0. The van der Waals surface area contributed by atoms with Crippen molar-refractivity contribution in [3.8, 4) is 0 Å². The summed E-state index contributed by atoms with van der Waals surface area (Å²) in [7, 11) is 0. The Morgan fingerprint density at radius 2 is 1.63 bits per heavy atom. The first-order valence-corrected chi connectivity index (χ1v) is 9.09. The van der Waals surface area contributed by atoms with E-state index in [2.05, 4.69) is 19.2 Å². The van der Waals surface area contributed by atoms with Gasteiger partial charge in [0.2, 0.25) is 0 Å². The Labute approximate surface area is 120 Å². The number of hydrogen-bond donors (Lipinski definition) is 1. The zero-order valence-electron chi connectivity index (χ0n) is 13.3. The first kappa shape index (κ1) is 15.4. The van der Waals surface area contributed by atoms with Gasteiger partial charge in [0.25, 0.3) is 0 Å². The van der Waals surface area contributed by atoms with Gasteiger partial charge < -0.3 is 5.32 Å². The minimum Gasteiger partial charge on any atom is -0.311 e. The highest BCUT2D eigenvalue weighted by Crippen LogP contribution is 2.30. The topological polar surface area (TPSA) is 12.0 Å². The number of rotatable bonds is 5. The Bertz CT molecular complexity index is 232. The second-order valence-electron chi connectivity index (χ2n) is 7.06. The van der Waals surface area contributed by atoms with E-state index in [0.717, 1.165) is 23.9 Å². The van der Waals surface area contributed by atoms with Crippen LogP contribution in [0.5, 0.6) is 0 Å². The molecule has 2 saturated carbocycles. The zero-order chi connectivity index (χ0) is 13.5. The van der Waals surface area contributed by atoms with Crippen LogP contribution in [0.15, 0.2) is 0 Å². The lowest BCUT2D eigenvalue weighted by molar-refractivity contribution is 0.238. The van der Waals surface area contributed by atoms with E-state index in [1.54, 1.807) is 0 Å². The average Bonchev–Trinajstić information content (AvgIpc) is 2.70. The van der Waals surface area contributed by atoms with Gasteiger partial charge >= 0.3 is 0 Å². The fourth-order valence-electron chi connectivity index (χ4n) is 4.38. The molecule has 0 aromatic carbocycles. The van der Waals surface area contributed by atoms with Crippen molar-refractivity contribution in [2.24, 2.45) is 11.8 Å². The molecular weight excluding hydrogens is 230 g/mol. The van der Waals surface area contributed by atoms with Gasteiger partial charge in [0.05, 0.1) is 0 Å². The summed E-state index contributed by atoms with van der Waals surface area (Å²) in [6.07, 6.45) is 17.4. The summed E-state index contributed by atoms with van der Waals surface area (Å²) in [4.78, 5) is 0. The molecule has 0 spiro atoms. The van der Waals surface area contributed by atoms with Crippen molar-refractivity contribution in [1.82, 2.24) is 5.32 Å². The fourth-order valence-corrected chi connectivity index (χ4v) is 4.38. The van der Waals surface area contributed by atoms with Gasteiger partial charge in [-0.3, -0.25) is 0 Å². The van der Waals surface area contributed by atoms with Gasteiger partial charge in [-0.1, -0.05) is 52.4 Å². The molecule has 0 radical (unpaired) electrons. The van der Waals surface area contributed by atoms with Gasteiger partial charge in [-0.05, 0) is 50.4 Å². The van der Waals surface area contributed by atoms with Crippen LogP contribution in [0.25, 0.3) is 0 Å². The summed E-state index contributed by atoms with van der Waals surface area (Å²) in [6, 6.07) is 1.63. The van der Waals surface area contributed by atoms with Crippen LogP contribution in [0.3, 0.4) is 0 Å². The summed E-state index contributed by atoms with van der Waals surface area (Å²) in [5, 5.41) is 4.06. The second kappa shape index (κ2) is 8.29. The van der Waals surface area contributed by atoms with E-state index in [4.69, 9.17) is 0 Å². The Hall–Kier alpha value is -0.0400. The van der Waals surface area contributed by atoms with Crippen molar-refractivity contribution in [2.45, 2.75) is 103 Å². The van der Waals surface area contributed by atoms with E-state index >= 15 is 0 Å². The Morgan fingerprint density at radius 3 is 2.32 bits per heavy atom. The maximum atomic E-state index is 4.06. The Kier molecular flexibility index (Phi) is 6.70. The molecule has 2 rings (SSSR count). The van der Waals surface area contributed by atoms with Gasteiger partial charge in [0, 0.05) is 12.1 Å². The molecule has 2 aliphatic rings. The maximum Gasteiger partial charge on any atom is 0.00952 e. The van der Waals surface area contributed by atoms with Crippen molar-refractivity contribution < 1.29 is 0 Å². The Balaban J connectivity index is 1.80. The van der Waals surface area contributed by atoms with Gasteiger partial charge in [0.1, 0.15) is 0 Å². The third-order valence-corrected chi connectivity index (χ3v) is 5.77. The van der Waals surface area contributed by atoms with Crippen LogP contribution in [0.2, 0.25) is 0 Å². The molecule has 0 aliphatic heterocycles. The highest BCUT2D eigenvalue weighted by atomic mass is 15.0. The molecule has 0 saturated heterocycles. The molecule has 0 aromatic rings. The van der Waals surface area contributed by atoms with E-state index < -0.39 is 0 Å². The lowest BCUT2D eigenvalue weighted by Crippen LogP contribution is -2.43. The average molecular weight is 265 g/mol. The molecule has 19 heavy (non-hydrogen) atoms.